The molecule has 0 amide bonds. The van der Waals surface area contributed by atoms with Gasteiger partial charge in [0.25, 0.3) is 0 Å². The van der Waals surface area contributed by atoms with E-state index in [0.717, 1.165) is 48.1 Å². The van der Waals surface area contributed by atoms with E-state index in [2.05, 4.69) is 44.9 Å². The first-order chi connectivity index (χ1) is 13.1. The Hall–Kier alpha value is -2.29. The molecule has 0 bridgehead atoms. The van der Waals surface area contributed by atoms with Crippen molar-refractivity contribution in [3.63, 3.8) is 0 Å². The van der Waals surface area contributed by atoms with Crippen molar-refractivity contribution in [2.75, 3.05) is 27.7 Å². The fourth-order valence-electron chi connectivity index (χ4n) is 3.18. The molecule has 2 aromatic heterocycles. The van der Waals surface area contributed by atoms with Crippen LogP contribution in [0.3, 0.4) is 0 Å². The number of hydrogen-bond donors (Lipinski definition) is 1. The maximum absolute atomic E-state index is 5.44. The minimum absolute atomic E-state index is 0. The maximum Gasteiger partial charge on any atom is 0.193 e. The number of aliphatic imine (C=N–C) groups is 1. The van der Waals surface area contributed by atoms with Gasteiger partial charge in [-0.05, 0) is 24.6 Å². The summed E-state index contributed by atoms with van der Waals surface area (Å²) in [7, 11) is 5.52. The molecule has 0 aliphatic rings. The predicted molar refractivity (Wildman–Crippen MR) is 125 cm³/mol. The number of aromatic nitrogens is 2. The van der Waals surface area contributed by atoms with Gasteiger partial charge >= 0.3 is 0 Å². The molecular formula is C21H28IN5O. The number of ether oxygens (including phenoxy) is 1. The Labute approximate surface area is 183 Å². The van der Waals surface area contributed by atoms with E-state index in [1.54, 1.807) is 14.2 Å². The van der Waals surface area contributed by atoms with Gasteiger partial charge in [0.05, 0.1) is 12.8 Å². The fraction of sp³-hybridized carbons (Fsp3) is 0.333. The van der Waals surface area contributed by atoms with E-state index in [-0.39, 0.29) is 24.0 Å². The number of halogens is 1. The van der Waals surface area contributed by atoms with Crippen LogP contribution in [0.1, 0.15) is 16.8 Å². The molecule has 1 N–H and O–H groups in total. The van der Waals surface area contributed by atoms with Crippen LogP contribution >= 0.6 is 24.0 Å². The second-order valence-electron chi connectivity index (χ2n) is 6.55. The van der Waals surface area contributed by atoms with E-state index < -0.39 is 0 Å². The van der Waals surface area contributed by atoms with Gasteiger partial charge in [-0.1, -0.05) is 24.3 Å². The monoisotopic (exact) mass is 493 g/mol. The standard InChI is InChI=1S/C21H27N5O.HI/c1-16-8-7-13-26-15-18(24-20(16)26)11-12-23-21(22-2)25(3)14-17-9-5-6-10-19(17)27-4;/h5-10,13,15H,11-12,14H2,1-4H3,(H,22,23);1H. The lowest BCUT2D eigenvalue weighted by Crippen LogP contribution is -2.39. The molecule has 150 valence electrons. The van der Waals surface area contributed by atoms with Gasteiger partial charge in [0, 0.05) is 51.6 Å². The molecule has 0 radical (unpaired) electrons. The van der Waals surface area contributed by atoms with E-state index in [0.29, 0.717) is 0 Å². The lowest BCUT2D eigenvalue weighted by atomic mass is 10.2. The van der Waals surface area contributed by atoms with E-state index >= 15 is 0 Å². The molecule has 0 aliphatic carbocycles. The summed E-state index contributed by atoms with van der Waals surface area (Å²) in [6.07, 6.45) is 4.96. The van der Waals surface area contributed by atoms with E-state index in [1.807, 2.05) is 37.5 Å². The van der Waals surface area contributed by atoms with Crippen LogP contribution in [-0.2, 0) is 13.0 Å². The Bertz CT molecular complexity index is 937. The van der Waals surface area contributed by atoms with Crippen LogP contribution in [0.2, 0.25) is 0 Å². The summed E-state index contributed by atoms with van der Waals surface area (Å²) in [4.78, 5) is 11.2. The zero-order chi connectivity index (χ0) is 19.2. The SMILES string of the molecule is CN=C(NCCc1cn2cccc(C)c2n1)N(C)Cc1ccccc1OC.I. The molecule has 0 saturated heterocycles. The van der Waals surface area contributed by atoms with Crippen molar-refractivity contribution in [1.82, 2.24) is 19.6 Å². The van der Waals surface area contributed by atoms with Gasteiger partial charge in [0.15, 0.2) is 5.96 Å². The molecule has 1 aromatic carbocycles. The Balaban J connectivity index is 0.00000280. The number of methoxy groups -OCH3 is 1. The highest BCUT2D eigenvalue weighted by Gasteiger charge is 2.10. The predicted octanol–water partition coefficient (Wildman–Crippen LogP) is 3.52. The van der Waals surface area contributed by atoms with Crippen LogP contribution in [0, 0.1) is 6.92 Å². The molecule has 7 heteroatoms. The number of nitrogens with zero attached hydrogens (tertiary/aromatic N) is 4. The van der Waals surface area contributed by atoms with Crippen LogP contribution in [0.15, 0.2) is 53.8 Å². The third kappa shape index (κ3) is 5.15. The molecule has 28 heavy (non-hydrogen) atoms. The second kappa shape index (κ2) is 10.3. The van der Waals surface area contributed by atoms with Crippen molar-refractivity contribution in [2.24, 2.45) is 4.99 Å². The normalized spacial score (nSPS) is 11.2. The highest BCUT2D eigenvalue weighted by molar-refractivity contribution is 14.0. The minimum atomic E-state index is 0. The van der Waals surface area contributed by atoms with Crippen LogP contribution in [0.25, 0.3) is 5.65 Å². The van der Waals surface area contributed by atoms with E-state index in [9.17, 15) is 0 Å². The van der Waals surface area contributed by atoms with Crippen molar-refractivity contribution in [2.45, 2.75) is 19.9 Å². The van der Waals surface area contributed by atoms with Crippen LogP contribution < -0.4 is 10.1 Å². The Morgan fingerprint density at radius 1 is 1.25 bits per heavy atom. The van der Waals surface area contributed by atoms with Gasteiger partial charge in [0.2, 0.25) is 0 Å². The summed E-state index contributed by atoms with van der Waals surface area (Å²) in [6.45, 7) is 3.57. The lowest BCUT2D eigenvalue weighted by molar-refractivity contribution is 0.396. The quantitative estimate of drug-likeness (QED) is 0.325. The molecule has 0 atom stereocenters. The average Bonchev–Trinajstić information content (AvgIpc) is 3.10. The van der Waals surface area contributed by atoms with Crippen LogP contribution in [0.5, 0.6) is 5.75 Å². The largest absolute Gasteiger partial charge is 0.496 e. The summed E-state index contributed by atoms with van der Waals surface area (Å²) in [6, 6.07) is 12.2. The average molecular weight is 493 g/mol. The molecule has 3 aromatic rings. The van der Waals surface area contributed by atoms with Gasteiger partial charge in [-0.15, -0.1) is 24.0 Å². The Morgan fingerprint density at radius 2 is 2.04 bits per heavy atom. The summed E-state index contributed by atoms with van der Waals surface area (Å²) >= 11 is 0. The van der Waals surface area contributed by atoms with Gasteiger partial charge in [0.1, 0.15) is 11.4 Å². The molecule has 0 unspecified atom stereocenters. The van der Waals surface area contributed by atoms with Crippen LogP contribution in [-0.4, -0.2) is 48.0 Å². The Kier molecular flexibility index (Phi) is 8.10. The maximum atomic E-state index is 5.44. The molecule has 3 rings (SSSR count). The number of fused-ring (bicyclic) bond motifs is 1. The number of hydrogen-bond acceptors (Lipinski definition) is 3. The first-order valence-electron chi connectivity index (χ1n) is 9.09. The summed E-state index contributed by atoms with van der Waals surface area (Å²) < 4.78 is 7.52. The molecule has 0 saturated carbocycles. The molecule has 2 heterocycles. The van der Waals surface area contributed by atoms with Crippen molar-refractivity contribution >= 4 is 35.6 Å². The zero-order valence-electron chi connectivity index (χ0n) is 16.8. The first-order valence-corrected chi connectivity index (χ1v) is 9.09. The molecule has 0 fully saturated rings. The minimum Gasteiger partial charge on any atom is -0.496 e. The number of pyridine rings is 1. The number of rotatable bonds is 6. The molecule has 6 nitrogen and oxygen atoms in total. The number of benzene rings is 1. The number of guanidine groups is 1. The second-order valence-corrected chi connectivity index (χ2v) is 6.55. The van der Waals surface area contributed by atoms with E-state index in [4.69, 9.17) is 9.72 Å². The van der Waals surface area contributed by atoms with Gasteiger partial charge < -0.3 is 19.4 Å². The third-order valence-electron chi connectivity index (χ3n) is 4.57. The summed E-state index contributed by atoms with van der Waals surface area (Å²) in [5.41, 5.74) is 4.40. The third-order valence-corrected chi connectivity index (χ3v) is 4.57. The first kappa shape index (κ1) is 22.0. The van der Waals surface area contributed by atoms with Gasteiger partial charge in [-0.25, -0.2) is 4.98 Å². The molecule has 0 aliphatic heterocycles. The van der Waals surface area contributed by atoms with Crippen molar-refractivity contribution in [3.8, 4) is 5.75 Å². The molecular weight excluding hydrogens is 465 g/mol. The van der Waals surface area contributed by atoms with Gasteiger partial charge in [-0.2, -0.15) is 0 Å². The number of para-hydroxylation sites is 1. The highest BCUT2D eigenvalue weighted by atomic mass is 127. The number of aryl methyl sites for hydroxylation is 1. The highest BCUT2D eigenvalue weighted by Crippen LogP contribution is 2.18. The smallest absolute Gasteiger partial charge is 0.193 e. The van der Waals surface area contributed by atoms with E-state index in [1.165, 1.54) is 5.56 Å². The topological polar surface area (TPSA) is 54.2 Å². The van der Waals surface area contributed by atoms with Crippen LogP contribution in [0.4, 0.5) is 0 Å². The van der Waals surface area contributed by atoms with Crippen molar-refractivity contribution in [3.05, 3.63) is 65.6 Å². The number of imidazole rings is 1. The summed E-state index contributed by atoms with van der Waals surface area (Å²) in [5, 5.41) is 3.42. The Morgan fingerprint density at radius 3 is 2.75 bits per heavy atom. The zero-order valence-corrected chi connectivity index (χ0v) is 19.2. The number of nitrogens with one attached hydrogen (secondary N) is 1. The molecule has 0 spiro atoms. The summed E-state index contributed by atoms with van der Waals surface area (Å²) in [5.74, 6) is 1.74. The lowest BCUT2D eigenvalue weighted by Gasteiger charge is -2.23. The van der Waals surface area contributed by atoms with Crippen molar-refractivity contribution < 1.29 is 4.74 Å². The van der Waals surface area contributed by atoms with Crippen molar-refractivity contribution in [1.29, 1.82) is 0 Å². The van der Waals surface area contributed by atoms with Gasteiger partial charge in [-0.3, -0.25) is 4.99 Å². The fourth-order valence-corrected chi connectivity index (χ4v) is 3.18.